The predicted octanol–water partition coefficient (Wildman–Crippen LogP) is 1.86. The summed E-state index contributed by atoms with van der Waals surface area (Å²) in [6.45, 7) is 4.24. The highest BCUT2D eigenvalue weighted by Crippen LogP contribution is 2.27. The van der Waals surface area contributed by atoms with Crippen LogP contribution in [-0.4, -0.2) is 46.7 Å². The van der Waals surface area contributed by atoms with Gasteiger partial charge in [0.1, 0.15) is 5.82 Å². The summed E-state index contributed by atoms with van der Waals surface area (Å²) in [7, 11) is 0. The standard InChI is InChI=1S/C17H23FN4O/c18-12-1-2-15-16(11-12)22(17(23)20-15)14-5-9-21(10-6-14)13-3-7-19-8-4-13/h1-2,11,13-14,19H,3-10H2,(H,20,23). The molecule has 4 rings (SSSR count). The van der Waals surface area contributed by atoms with E-state index >= 15 is 0 Å². The number of likely N-dealkylation sites (tertiary alicyclic amines) is 1. The molecule has 3 heterocycles. The summed E-state index contributed by atoms with van der Waals surface area (Å²) in [5.41, 5.74) is 1.29. The van der Waals surface area contributed by atoms with Crippen molar-refractivity contribution in [3.05, 3.63) is 34.5 Å². The first-order chi connectivity index (χ1) is 11.2. The summed E-state index contributed by atoms with van der Waals surface area (Å²) in [6.07, 6.45) is 4.33. The molecule has 0 unspecified atom stereocenters. The SMILES string of the molecule is O=c1[nH]c2ccc(F)cc2n1C1CCN(C2CCNCC2)CC1. The third-order valence-electron chi connectivity index (χ3n) is 5.37. The number of benzene rings is 1. The Labute approximate surface area is 134 Å². The summed E-state index contributed by atoms with van der Waals surface area (Å²) in [5.74, 6) is -0.294. The lowest BCUT2D eigenvalue weighted by atomic mass is 9.98. The molecule has 6 heteroatoms. The van der Waals surface area contributed by atoms with E-state index in [1.807, 2.05) is 0 Å². The van der Waals surface area contributed by atoms with Gasteiger partial charge in [-0.05, 0) is 57.0 Å². The minimum Gasteiger partial charge on any atom is -0.317 e. The van der Waals surface area contributed by atoms with Crippen molar-refractivity contribution in [1.29, 1.82) is 0 Å². The Bertz CT molecular complexity index is 739. The van der Waals surface area contributed by atoms with Crippen LogP contribution >= 0.6 is 0 Å². The lowest BCUT2D eigenvalue weighted by Crippen LogP contribution is -2.47. The number of fused-ring (bicyclic) bond motifs is 1. The quantitative estimate of drug-likeness (QED) is 0.889. The van der Waals surface area contributed by atoms with E-state index in [1.54, 1.807) is 10.6 Å². The van der Waals surface area contributed by atoms with E-state index in [9.17, 15) is 9.18 Å². The van der Waals surface area contributed by atoms with Crippen LogP contribution in [0.15, 0.2) is 23.0 Å². The second-order valence-electron chi connectivity index (χ2n) is 6.71. The first-order valence-electron chi connectivity index (χ1n) is 8.57. The maximum Gasteiger partial charge on any atom is 0.326 e. The van der Waals surface area contributed by atoms with Crippen molar-refractivity contribution in [1.82, 2.24) is 19.8 Å². The summed E-state index contributed by atoms with van der Waals surface area (Å²) in [4.78, 5) is 17.7. The smallest absolute Gasteiger partial charge is 0.317 e. The molecule has 2 aliphatic heterocycles. The minimum absolute atomic E-state index is 0.120. The molecule has 2 fully saturated rings. The number of H-pyrrole nitrogens is 1. The van der Waals surface area contributed by atoms with Gasteiger partial charge in [-0.2, -0.15) is 0 Å². The summed E-state index contributed by atoms with van der Waals surface area (Å²) in [6, 6.07) is 5.34. The van der Waals surface area contributed by atoms with Crippen molar-refractivity contribution in [3.63, 3.8) is 0 Å². The topological polar surface area (TPSA) is 53.1 Å². The lowest BCUT2D eigenvalue weighted by Gasteiger charge is -2.39. The summed E-state index contributed by atoms with van der Waals surface area (Å²) in [5, 5.41) is 3.41. The molecule has 0 bridgehead atoms. The molecule has 2 aliphatic rings. The van der Waals surface area contributed by atoms with Crippen LogP contribution in [-0.2, 0) is 0 Å². The Morgan fingerprint density at radius 1 is 1.04 bits per heavy atom. The van der Waals surface area contributed by atoms with Gasteiger partial charge in [0.15, 0.2) is 0 Å². The Morgan fingerprint density at radius 2 is 1.78 bits per heavy atom. The van der Waals surface area contributed by atoms with Crippen molar-refractivity contribution in [2.24, 2.45) is 0 Å². The molecule has 0 amide bonds. The van der Waals surface area contributed by atoms with E-state index in [4.69, 9.17) is 0 Å². The number of piperidine rings is 2. The molecule has 0 atom stereocenters. The molecule has 124 valence electrons. The van der Waals surface area contributed by atoms with Crippen molar-refractivity contribution in [2.75, 3.05) is 26.2 Å². The fourth-order valence-electron chi connectivity index (χ4n) is 4.14. The van der Waals surface area contributed by atoms with Gasteiger partial charge in [-0.15, -0.1) is 0 Å². The normalized spacial score (nSPS) is 22.0. The number of aromatic nitrogens is 2. The third kappa shape index (κ3) is 2.81. The van der Waals surface area contributed by atoms with E-state index in [0.717, 1.165) is 44.5 Å². The first kappa shape index (κ1) is 14.9. The molecule has 23 heavy (non-hydrogen) atoms. The van der Waals surface area contributed by atoms with Gasteiger partial charge in [0.05, 0.1) is 11.0 Å². The van der Waals surface area contributed by atoms with Crippen molar-refractivity contribution >= 4 is 11.0 Å². The van der Waals surface area contributed by atoms with Gasteiger partial charge in [0.2, 0.25) is 0 Å². The van der Waals surface area contributed by atoms with E-state index < -0.39 is 0 Å². The van der Waals surface area contributed by atoms with E-state index in [0.29, 0.717) is 11.6 Å². The number of aromatic amines is 1. The number of nitrogens with zero attached hydrogens (tertiary/aromatic N) is 2. The fourth-order valence-corrected chi connectivity index (χ4v) is 4.14. The van der Waals surface area contributed by atoms with Gasteiger partial charge in [0.25, 0.3) is 0 Å². The van der Waals surface area contributed by atoms with Crippen LogP contribution in [0.1, 0.15) is 31.7 Å². The number of hydrogen-bond acceptors (Lipinski definition) is 3. The molecule has 5 nitrogen and oxygen atoms in total. The Balaban J connectivity index is 1.53. The zero-order chi connectivity index (χ0) is 15.8. The van der Waals surface area contributed by atoms with Crippen molar-refractivity contribution in [3.8, 4) is 0 Å². The van der Waals surface area contributed by atoms with Gasteiger partial charge in [-0.3, -0.25) is 4.57 Å². The van der Waals surface area contributed by atoms with Crippen LogP contribution in [0.4, 0.5) is 4.39 Å². The Morgan fingerprint density at radius 3 is 2.52 bits per heavy atom. The number of rotatable bonds is 2. The molecular formula is C17H23FN4O. The minimum atomic E-state index is -0.294. The Kier molecular flexibility index (Phi) is 3.95. The molecule has 0 spiro atoms. The lowest BCUT2D eigenvalue weighted by molar-refractivity contribution is 0.113. The summed E-state index contributed by atoms with van der Waals surface area (Å²) < 4.78 is 15.3. The second kappa shape index (κ2) is 6.09. The van der Waals surface area contributed by atoms with Gasteiger partial charge < -0.3 is 15.2 Å². The number of halogens is 1. The molecule has 1 aromatic heterocycles. The highest BCUT2D eigenvalue weighted by atomic mass is 19.1. The first-order valence-corrected chi connectivity index (χ1v) is 8.57. The van der Waals surface area contributed by atoms with E-state index in [1.165, 1.54) is 25.0 Å². The van der Waals surface area contributed by atoms with Crippen LogP contribution in [0, 0.1) is 5.82 Å². The van der Waals surface area contributed by atoms with Crippen LogP contribution < -0.4 is 11.0 Å². The predicted molar refractivity (Wildman–Crippen MR) is 88.3 cm³/mol. The molecule has 2 N–H and O–H groups in total. The zero-order valence-corrected chi connectivity index (χ0v) is 13.2. The third-order valence-corrected chi connectivity index (χ3v) is 5.37. The van der Waals surface area contributed by atoms with Crippen LogP contribution in [0.2, 0.25) is 0 Å². The number of imidazole rings is 1. The molecule has 0 saturated carbocycles. The molecule has 1 aromatic carbocycles. The van der Waals surface area contributed by atoms with Crippen LogP contribution in [0.5, 0.6) is 0 Å². The second-order valence-corrected chi connectivity index (χ2v) is 6.71. The maximum absolute atomic E-state index is 13.6. The van der Waals surface area contributed by atoms with Crippen molar-refractivity contribution in [2.45, 2.75) is 37.8 Å². The fraction of sp³-hybridized carbons (Fsp3) is 0.588. The summed E-state index contributed by atoms with van der Waals surface area (Å²) >= 11 is 0. The molecule has 0 aliphatic carbocycles. The van der Waals surface area contributed by atoms with Gasteiger partial charge >= 0.3 is 5.69 Å². The number of nitrogens with one attached hydrogen (secondary N) is 2. The Hall–Kier alpha value is -1.66. The average molecular weight is 318 g/mol. The van der Waals surface area contributed by atoms with Crippen LogP contribution in [0.25, 0.3) is 11.0 Å². The largest absolute Gasteiger partial charge is 0.326 e. The zero-order valence-electron chi connectivity index (χ0n) is 13.2. The van der Waals surface area contributed by atoms with Gasteiger partial charge in [-0.1, -0.05) is 0 Å². The average Bonchev–Trinajstić information content (AvgIpc) is 2.91. The van der Waals surface area contributed by atoms with Crippen LogP contribution in [0.3, 0.4) is 0 Å². The molecular weight excluding hydrogens is 295 g/mol. The molecule has 0 radical (unpaired) electrons. The van der Waals surface area contributed by atoms with E-state index in [2.05, 4.69) is 15.2 Å². The molecule has 2 saturated heterocycles. The number of hydrogen-bond donors (Lipinski definition) is 2. The molecule has 2 aromatic rings. The van der Waals surface area contributed by atoms with E-state index in [-0.39, 0.29) is 17.5 Å². The highest BCUT2D eigenvalue weighted by Gasteiger charge is 2.28. The highest BCUT2D eigenvalue weighted by molar-refractivity contribution is 5.75. The maximum atomic E-state index is 13.6. The monoisotopic (exact) mass is 318 g/mol. The van der Waals surface area contributed by atoms with Gasteiger partial charge in [-0.25, -0.2) is 9.18 Å². The van der Waals surface area contributed by atoms with Gasteiger partial charge in [0, 0.05) is 25.2 Å². The van der Waals surface area contributed by atoms with Crippen molar-refractivity contribution < 1.29 is 4.39 Å².